The van der Waals surface area contributed by atoms with Gasteiger partial charge in [-0.05, 0) is 25.1 Å². The van der Waals surface area contributed by atoms with Crippen molar-refractivity contribution in [1.29, 1.82) is 0 Å². The molecule has 142 valence electrons. The summed E-state index contributed by atoms with van der Waals surface area (Å²) in [5.41, 5.74) is 0.918. The lowest BCUT2D eigenvalue weighted by Crippen LogP contribution is -2.18. The lowest BCUT2D eigenvalue weighted by Gasteiger charge is -2.08. The van der Waals surface area contributed by atoms with Gasteiger partial charge in [-0.3, -0.25) is 19.8 Å². The van der Waals surface area contributed by atoms with Gasteiger partial charge in [-0.1, -0.05) is 0 Å². The molecule has 0 spiro atoms. The number of hydrogen-bond donors (Lipinski definition) is 3. The minimum atomic E-state index is -0.847. The summed E-state index contributed by atoms with van der Waals surface area (Å²) in [6.07, 6.45) is 2.01. The van der Waals surface area contributed by atoms with Crippen LogP contribution in [0.15, 0.2) is 40.3 Å². The van der Waals surface area contributed by atoms with Crippen molar-refractivity contribution in [3.63, 3.8) is 0 Å². The van der Waals surface area contributed by atoms with E-state index in [-0.39, 0.29) is 16.5 Å². The summed E-state index contributed by atoms with van der Waals surface area (Å²) in [5, 5.41) is 12.3. The van der Waals surface area contributed by atoms with Gasteiger partial charge in [0.1, 0.15) is 11.8 Å². The quantitative estimate of drug-likeness (QED) is 0.452. The van der Waals surface area contributed by atoms with E-state index >= 15 is 0 Å². The molecule has 3 heterocycles. The maximum absolute atomic E-state index is 12.0. The molecule has 11 heteroatoms. The first-order chi connectivity index (χ1) is 13.5. The third-order valence-electron chi connectivity index (χ3n) is 4.20. The highest BCUT2D eigenvalue weighted by molar-refractivity contribution is 5.86. The number of aryl methyl sites for hydroxylation is 1. The minimum absolute atomic E-state index is 0.237. The molecule has 0 amide bonds. The Hall–Kier alpha value is -4.15. The lowest BCUT2D eigenvalue weighted by molar-refractivity contribution is 0.121. The van der Waals surface area contributed by atoms with E-state index in [9.17, 15) is 14.4 Å². The second kappa shape index (κ2) is 6.54. The van der Waals surface area contributed by atoms with E-state index in [2.05, 4.69) is 30.3 Å². The Morgan fingerprint density at radius 2 is 1.93 bits per heavy atom. The summed E-state index contributed by atoms with van der Waals surface area (Å²) < 4.78 is 11.1. The number of anilines is 2. The monoisotopic (exact) mass is 382 g/mol. The van der Waals surface area contributed by atoms with Gasteiger partial charge in [0.05, 0.1) is 24.1 Å². The molecule has 0 aliphatic heterocycles. The lowest BCUT2D eigenvalue weighted by atomic mass is 10.2. The molecule has 0 atom stereocenters. The summed E-state index contributed by atoms with van der Waals surface area (Å²) in [4.78, 5) is 39.4. The van der Waals surface area contributed by atoms with Gasteiger partial charge in [-0.25, -0.2) is 14.3 Å². The van der Waals surface area contributed by atoms with Crippen LogP contribution in [0.1, 0.15) is 5.56 Å². The number of nitrogens with zero attached hydrogens (tertiary/aromatic N) is 3. The molecule has 3 aromatic heterocycles. The molecule has 0 saturated heterocycles. The standard InChI is InChI=1S/C17H14N6O5/c1-8-12(28-17(26)27-2)6-23-13(8)14(18-7-19-23)20-9-3-4-10-11(5-9)16(25)22-21-15(10)24/h3-7H,1-2H3,(H,21,24)(H,22,25)(H,18,19,20). The number of carbonyl (C=O) groups is 1. The van der Waals surface area contributed by atoms with Crippen molar-refractivity contribution in [3.8, 4) is 5.75 Å². The molecule has 3 N–H and O–H groups in total. The Morgan fingerprint density at radius 3 is 2.68 bits per heavy atom. The molecular weight excluding hydrogens is 368 g/mol. The average molecular weight is 382 g/mol. The first-order valence-corrected chi connectivity index (χ1v) is 8.08. The molecule has 0 aliphatic rings. The second-order valence-electron chi connectivity index (χ2n) is 5.87. The van der Waals surface area contributed by atoms with Crippen molar-refractivity contribution in [3.05, 3.63) is 57.0 Å². The van der Waals surface area contributed by atoms with E-state index < -0.39 is 17.3 Å². The molecule has 4 aromatic rings. The fourth-order valence-corrected chi connectivity index (χ4v) is 2.86. The predicted octanol–water partition coefficient (Wildman–Crippen LogP) is 1.46. The third kappa shape index (κ3) is 2.84. The molecular formula is C17H14N6O5. The fourth-order valence-electron chi connectivity index (χ4n) is 2.86. The second-order valence-corrected chi connectivity index (χ2v) is 5.87. The minimum Gasteiger partial charge on any atom is -0.437 e. The number of ether oxygens (including phenoxy) is 2. The van der Waals surface area contributed by atoms with E-state index in [1.807, 2.05) is 0 Å². The fraction of sp³-hybridized carbons (Fsp3) is 0.118. The van der Waals surface area contributed by atoms with Crippen LogP contribution in [0.25, 0.3) is 16.3 Å². The summed E-state index contributed by atoms with van der Waals surface area (Å²) in [7, 11) is 1.22. The number of hydrogen-bond acceptors (Lipinski definition) is 8. The number of H-pyrrole nitrogens is 2. The number of methoxy groups -OCH3 is 1. The van der Waals surface area contributed by atoms with Crippen molar-refractivity contribution < 1.29 is 14.3 Å². The van der Waals surface area contributed by atoms with E-state index in [4.69, 9.17) is 4.74 Å². The highest BCUT2D eigenvalue weighted by atomic mass is 16.7. The molecule has 0 saturated carbocycles. The van der Waals surface area contributed by atoms with Crippen molar-refractivity contribution in [2.75, 3.05) is 12.4 Å². The molecule has 0 bridgehead atoms. The molecule has 0 aliphatic carbocycles. The van der Waals surface area contributed by atoms with Crippen LogP contribution in [-0.2, 0) is 4.74 Å². The zero-order chi connectivity index (χ0) is 19.8. The zero-order valence-corrected chi connectivity index (χ0v) is 14.8. The third-order valence-corrected chi connectivity index (χ3v) is 4.20. The van der Waals surface area contributed by atoms with Gasteiger partial charge in [-0.2, -0.15) is 5.10 Å². The number of fused-ring (bicyclic) bond motifs is 2. The average Bonchev–Trinajstić information content (AvgIpc) is 3.01. The molecule has 0 fully saturated rings. The summed E-state index contributed by atoms with van der Waals surface area (Å²) >= 11 is 0. The van der Waals surface area contributed by atoms with Gasteiger partial charge in [-0.15, -0.1) is 0 Å². The number of rotatable bonds is 3. The topological polar surface area (TPSA) is 143 Å². The zero-order valence-electron chi connectivity index (χ0n) is 14.8. The largest absolute Gasteiger partial charge is 0.513 e. The molecule has 4 rings (SSSR count). The van der Waals surface area contributed by atoms with E-state index in [0.717, 1.165) is 0 Å². The Labute approximate surface area is 155 Å². The summed E-state index contributed by atoms with van der Waals surface area (Å²) in [6, 6.07) is 4.74. The van der Waals surface area contributed by atoms with Gasteiger partial charge in [0.15, 0.2) is 11.6 Å². The SMILES string of the molecule is COC(=O)Oc1cn2ncnc(Nc3ccc4c(=O)[nH][nH]c(=O)c4c3)c2c1C. The molecule has 0 unspecified atom stereocenters. The predicted molar refractivity (Wildman–Crippen MR) is 99.2 cm³/mol. The maximum atomic E-state index is 12.0. The van der Waals surface area contributed by atoms with Crippen molar-refractivity contribution >= 4 is 33.9 Å². The van der Waals surface area contributed by atoms with Crippen LogP contribution in [0.3, 0.4) is 0 Å². The van der Waals surface area contributed by atoms with Crippen molar-refractivity contribution in [1.82, 2.24) is 24.8 Å². The number of carbonyl (C=O) groups excluding carboxylic acids is 1. The highest BCUT2D eigenvalue weighted by Gasteiger charge is 2.17. The van der Waals surface area contributed by atoms with Crippen molar-refractivity contribution in [2.45, 2.75) is 6.92 Å². The van der Waals surface area contributed by atoms with Gasteiger partial charge < -0.3 is 14.8 Å². The van der Waals surface area contributed by atoms with Crippen LogP contribution in [-0.4, -0.2) is 38.1 Å². The van der Waals surface area contributed by atoms with Gasteiger partial charge in [0.2, 0.25) is 0 Å². The number of aromatic nitrogens is 5. The van der Waals surface area contributed by atoms with Crippen LogP contribution in [0.2, 0.25) is 0 Å². The Kier molecular flexibility index (Phi) is 4.03. The van der Waals surface area contributed by atoms with Crippen molar-refractivity contribution in [2.24, 2.45) is 0 Å². The van der Waals surface area contributed by atoms with Gasteiger partial charge in [0.25, 0.3) is 11.1 Å². The Bertz CT molecular complexity index is 1340. The maximum Gasteiger partial charge on any atom is 0.513 e. The number of benzene rings is 1. The summed E-state index contributed by atoms with van der Waals surface area (Å²) in [5.74, 6) is 0.699. The van der Waals surface area contributed by atoms with Gasteiger partial charge >= 0.3 is 6.16 Å². The van der Waals surface area contributed by atoms with E-state index in [0.29, 0.717) is 22.6 Å². The normalized spacial score (nSPS) is 10.9. The molecule has 1 aromatic carbocycles. The van der Waals surface area contributed by atoms with Crippen LogP contribution in [0.4, 0.5) is 16.3 Å². The van der Waals surface area contributed by atoms with E-state index in [1.165, 1.54) is 24.1 Å². The molecule has 11 nitrogen and oxygen atoms in total. The van der Waals surface area contributed by atoms with E-state index in [1.54, 1.807) is 25.1 Å². The Morgan fingerprint density at radius 1 is 1.18 bits per heavy atom. The van der Waals surface area contributed by atoms with Crippen LogP contribution in [0, 0.1) is 6.92 Å². The molecule has 0 radical (unpaired) electrons. The van der Waals surface area contributed by atoms with Gasteiger partial charge in [0, 0.05) is 11.3 Å². The van der Waals surface area contributed by atoms with Crippen LogP contribution in [0.5, 0.6) is 5.75 Å². The first kappa shape index (κ1) is 17.3. The highest BCUT2D eigenvalue weighted by Crippen LogP contribution is 2.30. The summed E-state index contributed by atoms with van der Waals surface area (Å²) in [6.45, 7) is 1.74. The van der Waals surface area contributed by atoms with Crippen LogP contribution >= 0.6 is 0 Å². The first-order valence-electron chi connectivity index (χ1n) is 8.08. The smallest absolute Gasteiger partial charge is 0.437 e. The Balaban J connectivity index is 1.79. The van der Waals surface area contributed by atoms with Crippen LogP contribution < -0.4 is 21.2 Å². The number of nitrogens with one attached hydrogen (secondary N) is 3. The molecule has 28 heavy (non-hydrogen) atoms. The number of aromatic amines is 2.